The summed E-state index contributed by atoms with van der Waals surface area (Å²) in [5.41, 5.74) is 3.68. The Kier molecular flexibility index (Phi) is 7.27. The van der Waals surface area contributed by atoms with Crippen molar-refractivity contribution in [2.24, 2.45) is 5.41 Å². The summed E-state index contributed by atoms with van der Waals surface area (Å²) < 4.78 is 11.7. The Morgan fingerprint density at radius 2 is 1.90 bits per heavy atom. The van der Waals surface area contributed by atoms with Gasteiger partial charge in [-0.25, -0.2) is 4.98 Å². The van der Waals surface area contributed by atoms with Crippen LogP contribution in [0.4, 0.5) is 5.82 Å². The topological polar surface area (TPSA) is 103 Å². The van der Waals surface area contributed by atoms with E-state index in [1.165, 1.54) is 0 Å². The van der Waals surface area contributed by atoms with E-state index in [4.69, 9.17) is 37.7 Å². The monoisotopic (exact) mass is 577 g/mol. The number of fused-ring (bicyclic) bond motifs is 1. The molecule has 0 aliphatic carbocycles. The van der Waals surface area contributed by atoms with E-state index < -0.39 is 6.10 Å². The molecule has 0 unspecified atom stereocenters. The molecule has 3 aromatic heterocycles. The van der Waals surface area contributed by atoms with Crippen molar-refractivity contribution >= 4 is 39.9 Å². The third-order valence-electron chi connectivity index (χ3n) is 7.56. The molecule has 6 rings (SSSR count). The van der Waals surface area contributed by atoms with Crippen LogP contribution in [0.1, 0.15) is 31.1 Å². The maximum absolute atomic E-state index is 10.00. The van der Waals surface area contributed by atoms with Crippen LogP contribution >= 0.6 is 23.2 Å². The summed E-state index contributed by atoms with van der Waals surface area (Å²) in [5, 5.41) is 19.4. The van der Waals surface area contributed by atoms with Crippen molar-refractivity contribution in [2.45, 2.75) is 20.0 Å². The number of nitriles is 1. The molecule has 1 atom stereocenters. The van der Waals surface area contributed by atoms with Gasteiger partial charge >= 0.3 is 0 Å². The summed E-state index contributed by atoms with van der Waals surface area (Å²) in [6.45, 7) is 10.5. The van der Waals surface area contributed by atoms with E-state index >= 15 is 0 Å². The fourth-order valence-corrected chi connectivity index (χ4v) is 6.38. The Morgan fingerprint density at radius 1 is 1.15 bits per heavy atom. The number of nitrogens with zero attached hydrogens (tertiary/aromatic N) is 6. The number of halogens is 2. The largest absolute Gasteiger partial charge is 0.486 e. The molecule has 0 saturated carbocycles. The Bertz CT molecular complexity index is 1570. The maximum atomic E-state index is 10.00. The highest BCUT2D eigenvalue weighted by atomic mass is 35.5. The van der Waals surface area contributed by atoms with E-state index in [1.807, 2.05) is 31.2 Å². The number of nitrogens with one attached hydrogen (secondary N) is 1. The Hall–Kier alpha value is -3.42. The molecular weight excluding hydrogens is 549 g/mol. The Morgan fingerprint density at radius 3 is 2.62 bits per heavy atom. The molecule has 9 nitrogen and oxygen atoms in total. The van der Waals surface area contributed by atoms with Crippen molar-refractivity contribution in [1.82, 2.24) is 25.1 Å². The second-order valence-corrected chi connectivity index (χ2v) is 11.6. The fourth-order valence-electron chi connectivity index (χ4n) is 5.70. The van der Waals surface area contributed by atoms with Crippen LogP contribution in [0.15, 0.2) is 42.9 Å². The summed E-state index contributed by atoms with van der Waals surface area (Å²) >= 11 is 12.7. The zero-order chi connectivity index (χ0) is 27.9. The summed E-state index contributed by atoms with van der Waals surface area (Å²) in [4.78, 5) is 13.4. The predicted molar refractivity (Wildman–Crippen MR) is 155 cm³/mol. The van der Waals surface area contributed by atoms with Crippen LogP contribution in [0.2, 0.25) is 10.0 Å². The minimum absolute atomic E-state index is 0.168. The smallest absolute Gasteiger partial charge is 0.146 e. The van der Waals surface area contributed by atoms with Crippen molar-refractivity contribution in [3.63, 3.8) is 0 Å². The van der Waals surface area contributed by atoms with Gasteiger partial charge in [0, 0.05) is 73.2 Å². The van der Waals surface area contributed by atoms with E-state index in [-0.39, 0.29) is 5.41 Å². The zero-order valence-electron chi connectivity index (χ0n) is 22.3. The van der Waals surface area contributed by atoms with Gasteiger partial charge in [-0.1, -0.05) is 30.1 Å². The lowest BCUT2D eigenvalue weighted by molar-refractivity contribution is 0.0133. The van der Waals surface area contributed by atoms with Gasteiger partial charge in [-0.3, -0.25) is 15.0 Å². The molecule has 0 spiro atoms. The quantitative estimate of drug-likeness (QED) is 0.307. The van der Waals surface area contributed by atoms with Crippen LogP contribution in [-0.2, 0) is 4.74 Å². The first-order chi connectivity index (χ1) is 19.3. The Labute approximate surface area is 242 Å². The van der Waals surface area contributed by atoms with Gasteiger partial charge in [0.05, 0.1) is 34.3 Å². The highest BCUT2D eigenvalue weighted by Crippen LogP contribution is 2.38. The average molecular weight is 579 g/mol. The first-order valence-corrected chi connectivity index (χ1v) is 14.0. The van der Waals surface area contributed by atoms with Crippen LogP contribution in [0.25, 0.3) is 22.2 Å². The molecule has 5 heterocycles. The van der Waals surface area contributed by atoms with Gasteiger partial charge in [0.15, 0.2) is 0 Å². The summed E-state index contributed by atoms with van der Waals surface area (Å²) in [6.07, 6.45) is 4.49. The SMILES string of the molecule is C[C@@H](Oc1ccc2[nH]nc(-c3cnc(N4CC(C)(CN5CCOCC5)C4)c(C#N)c3)c2c1)c1c(Cl)cncc1Cl. The summed E-state index contributed by atoms with van der Waals surface area (Å²) in [6, 6.07) is 9.90. The van der Waals surface area contributed by atoms with Crippen molar-refractivity contribution in [3.8, 4) is 23.1 Å². The van der Waals surface area contributed by atoms with Gasteiger partial charge in [0.25, 0.3) is 0 Å². The summed E-state index contributed by atoms with van der Waals surface area (Å²) in [5.74, 6) is 1.35. The molecule has 1 N–H and O–H groups in total. The van der Waals surface area contributed by atoms with Crippen LogP contribution in [0.3, 0.4) is 0 Å². The van der Waals surface area contributed by atoms with E-state index in [1.54, 1.807) is 18.6 Å². The molecule has 11 heteroatoms. The van der Waals surface area contributed by atoms with Crippen molar-refractivity contribution < 1.29 is 9.47 Å². The highest BCUT2D eigenvalue weighted by molar-refractivity contribution is 6.35. The highest BCUT2D eigenvalue weighted by Gasteiger charge is 2.41. The number of pyridine rings is 2. The third kappa shape index (κ3) is 5.20. The molecule has 4 aromatic rings. The number of H-pyrrole nitrogens is 1. The number of morpholine rings is 1. The van der Waals surface area contributed by atoms with E-state index in [2.05, 4.69) is 38.0 Å². The molecule has 2 fully saturated rings. The van der Waals surface area contributed by atoms with Gasteiger partial charge in [-0.2, -0.15) is 10.4 Å². The van der Waals surface area contributed by atoms with Crippen molar-refractivity contribution in [1.29, 1.82) is 5.26 Å². The van der Waals surface area contributed by atoms with Crippen LogP contribution in [0.5, 0.6) is 5.75 Å². The molecule has 2 aliphatic heterocycles. The summed E-state index contributed by atoms with van der Waals surface area (Å²) in [7, 11) is 0. The zero-order valence-corrected chi connectivity index (χ0v) is 23.8. The molecule has 0 amide bonds. The third-order valence-corrected chi connectivity index (χ3v) is 8.16. The molecule has 206 valence electrons. The predicted octanol–water partition coefficient (Wildman–Crippen LogP) is 5.50. The molecule has 0 radical (unpaired) electrons. The van der Waals surface area contributed by atoms with Crippen molar-refractivity contribution in [3.05, 3.63) is 64.0 Å². The van der Waals surface area contributed by atoms with Crippen molar-refractivity contribution in [2.75, 3.05) is 50.8 Å². The lowest BCUT2D eigenvalue weighted by Gasteiger charge is -2.51. The van der Waals surface area contributed by atoms with E-state index in [0.717, 1.165) is 68.2 Å². The lowest BCUT2D eigenvalue weighted by atomic mass is 9.81. The minimum atomic E-state index is -0.396. The van der Waals surface area contributed by atoms with Gasteiger partial charge < -0.3 is 14.4 Å². The number of anilines is 1. The minimum Gasteiger partial charge on any atom is -0.486 e. The van der Waals surface area contributed by atoms with Crippen LogP contribution in [-0.4, -0.2) is 71.0 Å². The molecule has 2 aliphatic rings. The first kappa shape index (κ1) is 26.8. The van der Waals surface area contributed by atoms with E-state index in [9.17, 15) is 5.26 Å². The number of rotatable bonds is 7. The van der Waals surface area contributed by atoms with Crippen LogP contribution in [0, 0.1) is 16.7 Å². The average Bonchev–Trinajstić information content (AvgIpc) is 3.35. The number of hydrogen-bond donors (Lipinski definition) is 1. The maximum Gasteiger partial charge on any atom is 0.146 e. The number of aromatic amines is 1. The molecule has 1 aromatic carbocycles. The molecule has 0 bridgehead atoms. The molecular formula is C29H29Cl2N7O2. The van der Waals surface area contributed by atoms with E-state index in [0.29, 0.717) is 32.6 Å². The molecule has 40 heavy (non-hydrogen) atoms. The first-order valence-electron chi connectivity index (χ1n) is 13.2. The number of ether oxygens (including phenoxy) is 2. The molecule has 2 saturated heterocycles. The van der Waals surface area contributed by atoms with Gasteiger partial charge in [-0.15, -0.1) is 0 Å². The number of benzene rings is 1. The van der Waals surface area contributed by atoms with Gasteiger partial charge in [0.1, 0.15) is 29.4 Å². The second kappa shape index (κ2) is 10.9. The van der Waals surface area contributed by atoms with Gasteiger partial charge in [-0.05, 0) is 31.2 Å². The number of hydrogen-bond acceptors (Lipinski definition) is 8. The number of aromatic nitrogens is 4. The fraction of sp³-hybridized carbons (Fsp3) is 0.379. The lowest BCUT2D eigenvalue weighted by Crippen LogP contribution is -2.60. The Balaban J connectivity index is 1.21. The normalized spacial score (nSPS) is 17.8. The van der Waals surface area contributed by atoms with Crippen LogP contribution < -0.4 is 9.64 Å². The standard InChI is InChI=1S/C29H29Cl2N7O2/c1-18(26-23(30)13-33-14-24(26)31)40-21-3-4-25-22(10-21)27(36-35-25)20-9-19(11-32)28(34-12-20)38-16-29(2,17-38)15-37-5-7-39-8-6-37/h3-4,9-10,12-14,18H,5-8,15-17H2,1-2H3,(H,35,36)/t18-/m1/s1. The van der Waals surface area contributed by atoms with Gasteiger partial charge in [0.2, 0.25) is 0 Å². The second-order valence-electron chi connectivity index (χ2n) is 10.8.